The van der Waals surface area contributed by atoms with Gasteiger partial charge in [-0.3, -0.25) is 14.4 Å². The number of carbonyl (C=O) groups excluding carboxylic acids is 2. The van der Waals surface area contributed by atoms with Crippen molar-refractivity contribution in [3.63, 3.8) is 0 Å². The molecule has 9 nitrogen and oxygen atoms in total. The number of aromatic nitrogens is 2. The molecule has 4 fully saturated rings. The first-order valence-electron chi connectivity index (χ1n) is 17.3. The van der Waals surface area contributed by atoms with E-state index in [4.69, 9.17) is 10.4 Å². The van der Waals surface area contributed by atoms with E-state index < -0.39 is 23.2 Å². The molecule has 2 bridgehead atoms. The van der Waals surface area contributed by atoms with Crippen LogP contribution in [0.5, 0.6) is 0 Å². The zero-order chi connectivity index (χ0) is 40.2. The van der Waals surface area contributed by atoms with Crippen molar-refractivity contribution in [1.29, 1.82) is 5.26 Å². The van der Waals surface area contributed by atoms with Crippen LogP contribution >= 0.6 is 12.8 Å². The quantitative estimate of drug-likeness (QED) is 0.0897. The molecule has 2 saturated carbocycles. The molecular formula is C39H47F5N6O3S. The van der Waals surface area contributed by atoms with Gasteiger partial charge in [0.05, 0.1) is 28.4 Å². The summed E-state index contributed by atoms with van der Waals surface area (Å²) in [6.45, 7) is 4.05. The van der Waals surface area contributed by atoms with Gasteiger partial charge in [-0.1, -0.05) is 43.1 Å². The van der Waals surface area contributed by atoms with Crippen LogP contribution in [0.25, 0.3) is 22.2 Å². The number of thiol groups is 1. The van der Waals surface area contributed by atoms with Crippen LogP contribution in [0.4, 0.5) is 27.6 Å². The summed E-state index contributed by atoms with van der Waals surface area (Å²) in [5, 5.41) is 16.3. The van der Waals surface area contributed by atoms with E-state index in [2.05, 4.69) is 74.5 Å². The van der Waals surface area contributed by atoms with Gasteiger partial charge in [0.1, 0.15) is 23.6 Å². The molecule has 54 heavy (non-hydrogen) atoms. The lowest BCUT2D eigenvalue weighted by atomic mass is 9.73. The first kappa shape index (κ1) is 44.0. The zero-order valence-electron chi connectivity index (χ0n) is 30.9. The van der Waals surface area contributed by atoms with E-state index >= 15 is 0 Å². The number of imidazole rings is 1. The Hall–Kier alpha value is -4.36. The molecule has 2 saturated heterocycles. The molecule has 3 heterocycles. The molecule has 1 amide bonds. The molecule has 4 aliphatic rings. The summed E-state index contributed by atoms with van der Waals surface area (Å²) >= 11 is 3.54. The fourth-order valence-electron chi connectivity index (χ4n) is 7.35. The number of nitriles is 1. The Morgan fingerprint density at radius 3 is 2.15 bits per heavy atom. The largest absolute Gasteiger partial charge is 0.416 e. The third kappa shape index (κ3) is 10.7. The fraction of sp³-hybridized carbons (Fsp3) is 0.436. The molecule has 8 rings (SSSR count). The van der Waals surface area contributed by atoms with Gasteiger partial charge in [-0.25, -0.2) is 13.8 Å². The number of fused-ring (bicyclic) bond motifs is 2. The normalized spacial score (nSPS) is 22.6. The maximum atomic E-state index is 14.5. The van der Waals surface area contributed by atoms with Crippen LogP contribution in [0.2, 0.25) is 0 Å². The van der Waals surface area contributed by atoms with E-state index in [0.29, 0.717) is 43.6 Å². The number of amides is 1. The lowest BCUT2D eigenvalue weighted by molar-refractivity contribution is -0.137. The van der Waals surface area contributed by atoms with Crippen molar-refractivity contribution in [3.05, 3.63) is 83.4 Å². The van der Waals surface area contributed by atoms with Gasteiger partial charge in [-0.2, -0.15) is 18.4 Å². The van der Waals surface area contributed by atoms with Gasteiger partial charge in [0.25, 0.3) is 0 Å². The summed E-state index contributed by atoms with van der Waals surface area (Å²) in [7, 11) is 4.78. The van der Waals surface area contributed by atoms with Gasteiger partial charge in [0.15, 0.2) is 0 Å². The predicted molar refractivity (Wildman–Crippen MR) is 203 cm³/mol. The minimum atomic E-state index is -4.58. The Bertz CT molecular complexity index is 1880. The minimum Gasteiger partial charge on any atom is -0.400 e. The molecule has 1 unspecified atom stereocenters. The summed E-state index contributed by atoms with van der Waals surface area (Å²) in [6.07, 6.45) is 1.03. The number of alkyl halides is 4. The highest BCUT2D eigenvalue weighted by atomic mass is 32.1. The molecule has 292 valence electrons. The third-order valence-corrected chi connectivity index (χ3v) is 9.95. The first-order chi connectivity index (χ1) is 25.7. The van der Waals surface area contributed by atoms with E-state index in [1.807, 2.05) is 19.3 Å². The van der Waals surface area contributed by atoms with Crippen LogP contribution in [-0.4, -0.2) is 70.7 Å². The smallest absolute Gasteiger partial charge is 0.400 e. The highest BCUT2D eigenvalue weighted by molar-refractivity contribution is 7.78. The lowest BCUT2D eigenvalue weighted by Gasteiger charge is -2.40. The molecule has 0 spiro atoms. The van der Waals surface area contributed by atoms with E-state index in [-0.39, 0.29) is 23.9 Å². The number of halogens is 5. The van der Waals surface area contributed by atoms with Gasteiger partial charge in [-0.15, -0.1) is 0 Å². The van der Waals surface area contributed by atoms with Crippen molar-refractivity contribution in [1.82, 2.24) is 19.2 Å². The third-order valence-electron chi connectivity index (χ3n) is 9.95. The number of aliphatic hydroxyl groups excluding tert-OH is 1. The molecule has 2 aliphatic heterocycles. The Morgan fingerprint density at radius 1 is 1.02 bits per heavy atom. The average Bonchev–Trinajstić information content (AvgIpc) is 3.77. The molecule has 15 heteroatoms. The van der Waals surface area contributed by atoms with Crippen LogP contribution in [0.15, 0.2) is 60.7 Å². The topological polar surface area (TPSA) is 123 Å². The van der Waals surface area contributed by atoms with Crippen LogP contribution in [0, 0.1) is 30.0 Å². The second kappa shape index (κ2) is 19.8. The number of hydrogen-bond donors (Lipinski definition) is 4. The number of anilines is 1. The summed E-state index contributed by atoms with van der Waals surface area (Å²) in [6, 6.07) is 19.6. The average molecular weight is 775 g/mol. The second-order valence-corrected chi connectivity index (χ2v) is 13.7. The van der Waals surface area contributed by atoms with Gasteiger partial charge >= 0.3 is 6.18 Å². The van der Waals surface area contributed by atoms with Gasteiger partial charge < -0.3 is 19.8 Å². The number of hydrogen-bond acceptors (Lipinski definition) is 8. The van der Waals surface area contributed by atoms with E-state index in [9.17, 15) is 31.5 Å². The number of aliphatic hydroxyl groups is 1. The van der Waals surface area contributed by atoms with Crippen molar-refractivity contribution in [2.24, 2.45) is 13.0 Å². The maximum absolute atomic E-state index is 14.5. The Kier molecular flexibility index (Phi) is 16.2. The highest BCUT2D eigenvalue weighted by Gasteiger charge is 2.57. The monoisotopic (exact) mass is 774 g/mol. The number of carbonyl (C=O) groups is 2. The summed E-state index contributed by atoms with van der Waals surface area (Å²) in [4.78, 5) is 28.8. The number of aldehydes is 1. The second-order valence-electron chi connectivity index (χ2n) is 13.2. The summed E-state index contributed by atoms with van der Waals surface area (Å²) in [5.74, 6) is 0.164. The highest BCUT2D eigenvalue weighted by Crippen LogP contribution is 2.51. The predicted octanol–water partition coefficient (Wildman–Crippen LogP) is 7.79. The van der Waals surface area contributed by atoms with Crippen molar-refractivity contribution < 1.29 is 36.6 Å². The van der Waals surface area contributed by atoms with Crippen molar-refractivity contribution >= 4 is 42.2 Å². The Balaban J connectivity index is 0.000000298. The maximum Gasteiger partial charge on any atom is 0.416 e. The number of aryl methyl sites for hydroxylation is 2. The van der Waals surface area contributed by atoms with Crippen LogP contribution < -0.4 is 10.0 Å². The van der Waals surface area contributed by atoms with Crippen LogP contribution in [0.3, 0.4) is 0 Å². The van der Waals surface area contributed by atoms with Gasteiger partial charge in [-0.05, 0) is 99.0 Å². The van der Waals surface area contributed by atoms with E-state index in [0.717, 1.165) is 66.7 Å². The van der Waals surface area contributed by atoms with E-state index in [1.165, 1.54) is 12.5 Å². The number of nitrogens with one attached hydrogen (secondary N) is 2. The Labute approximate surface area is 318 Å². The van der Waals surface area contributed by atoms with Gasteiger partial charge in [0.2, 0.25) is 6.41 Å². The molecule has 2 aliphatic carbocycles. The van der Waals surface area contributed by atoms with Crippen LogP contribution in [0.1, 0.15) is 61.9 Å². The van der Waals surface area contributed by atoms with Crippen LogP contribution in [-0.2, 0) is 22.8 Å². The van der Waals surface area contributed by atoms with Gasteiger partial charge in [0, 0.05) is 45.6 Å². The Morgan fingerprint density at radius 2 is 1.63 bits per heavy atom. The molecule has 3 N–H and O–H groups in total. The van der Waals surface area contributed by atoms with E-state index in [1.54, 1.807) is 13.1 Å². The number of benzene rings is 3. The zero-order valence-corrected chi connectivity index (χ0v) is 31.8. The molecular weight excluding hydrogens is 728 g/mol. The summed E-state index contributed by atoms with van der Waals surface area (Å²) in [5.41, 5.74) is 3.38. The standard InChI is InChI=1S/C27H30FN3O.C8H5F4NO.C2H3N.CH5NS.CH4O/c1-17-29-25-11-20(8-10-26(25)30(17)2)18-3-5-19(6-4-18)24-12-22(9-7-21(24)15-32)31-16-27(28)13-23(31)14-27;9-6-3-5(8(10,11)12)1-2-7(6)13-4-14;2*1-2-3;1-2/h3-6,8,10-11,15,21-24H,7,9,12-14,16H2,1-2H3;1-4H,(H,13,14);1H3;2-3H,1H3;2H,1H3/t21?,22-,23?,24+,27?;;;;/m1..../s1. The first-order valence-corrected chi connectivity index (χ1v) is 17.7. The number of nitrogens with zero attached hydrogens (tertiary/aromatic N) is 4. The van der Waals surface area contributed by atoms with Crippen molar-refractivity contribution in [2.45, 2.75) is 75.8 Å². The molecule has 3 atom stereocenters. The SMILES string of the molecule is CC#N.CNS.CO.Cc1nc2cc(-c3ccc([C@@H]4C[C@H](N5CC6(F)CC5C6)CCC4C=O)cc3)ccc2n1C.O=CNc1ccc(C(F)(F)F)cc1F. The fourth-order valence-corrected chi connectivity index (χ4v) is 7.35. The lowest BCUT2D eigenvalue weighted by Crippen LogP contribution is -2.42. The molecule has 1 aromatic heterocycles. The van der Waals surface area contributed by atoms with Crippen molar-refractivity contribution in [2.75, 3.05) is 26.0 Å². The van der Waals surface area contributed by atoms with Crippen molar-refractivity contribution in [3.8, 4) is 17.2 Å². The summed E-state index contributed by atoms with van der Waals surface area (Å²) < 4.78 is 68.0. The molecule has 4 aromatic rings. The molecule has 0 radical (unpaired) electrons. The minimum absolute atomic E-state index is 0.0573. The molecule has 3 aromatic carbocycles. The number of rotatable bonds is 6.